The third-order valence-electron chi connectivity index (χ3n) is 2.54. The lowest BCUT2D eigenvalue weighted by molar-refractivity contribution is 0.781. The van der Waals surface area contributed by atoms with Crippen LogP contribution >= 0.6 is 23.2 Å². The second-order valence-electron chi connectivity index (χ2n) is 3.59. The summed E-state index contributed by atoms with van der Waals surface area (Å²) < 4.78 is 0. The molecule has 1 aromatic heterocycles. The fraction of sp³-hybridized carbons (Fsp3) is 0.167. The van der Waals surface area contributed by atoms with E-state index >= 15 is 0 Å². The van der Waals surface area contributed by atoms with Crippen molar-refractivity contribution in [2.45, 2.75) is 5.92 Å². The van der Waals surface area contributed by atoms with Gasteiger partial charge in [0.15, 0.2) is 0 Å². The molecule has 0 bridgehead atoms. The minimum atomic E-state index is -0.0391. The van der Waals surface area contributed by atoms with Gasteiger partial charge in [0, 0.05) is 28.7 Å². The topological polar surface area (TPSA) is 51.8 Å². The number of aromatic nitrogens is 2. The maximum atomic E-state index is 6.17. The van der Waals surface area contributed by atoms with Crippen molar-refractivity contribution in [3.8, 4) is 0 Å². The van der Waals surface area contributed by atoms with Gasteiger partial charge in [0.05, 0.1) is 5.69 Å². The van der Waals surface area contributed by atoms with Crippen molar-refractivity contribution in [3.05, 3.63) is 58.1 Å². The van der Waals surface area contributed by atoms with Crippen LogP contribution in [-0.4, -0.2) is 16.5 Å². The molecule has 0 spiro atoms. The molecule has 0 aliphatic rings. The van der Waals surface area contributed by atoms with Crippen molar-refractivity contribution in [1.82, 2.24) is 9.97 Å². The Hall–Kier alpha value is -1.16. The lowest BCUT2D eigenvalue weighted by Gasteiger charge is -2.16. The van der Waals surface area contributed by atoms with Crippen LogP contribution in [0.5, 0.6) is 0 Å². The van der Waals surface area contributed by atoms with E-state index in [0.717, 1.165) is 11.3 Å². The fourth-order valence-corrected chi connectivity index (χ4v) is 2.24. The average molecular weight is 268 g/mol. The number of halogens is 2. The van der Waals surface area contributed by atoms with Gasteiger partial charge in [0.1, 0.15) is 6.33 Å². The third kappa shape index (κ3) is 2.75. The number of hydrogen-bond donors (Lipinski definition) is 1. The molecule has 5 heteroatoms. The Balaban J connectivity index is 2.42. The number of nitrogens with zero attached hydrogens (tertiary/aromatic N) is 2. The molecule has 1 unspecified atom stereocenters. The number of hydrogen-bond acceptors (Lipinski definition) is 3. The van der Waals surface area contributed by atoms with Crippen molar-refractivity contribution < 1.29 is 0 Å². The summed E-state index contributed by atoms with van der Waals surface area (Å²) in [5.74, 6) is -0.0391. The van der Waals surface area contributed by atoms with Crippen LogP contribution in [0.1, 0.15) is 17.2 Å². The van der Waals surface area contributed by atoms with Crippen LogP contribution in [-0.2, 0) is 0 Å². The van der Waals surface area contributed by atoms with E-state index < -0.39 is 0 Å². The van der Waals surface area contributed by atoms with Crippen LogP contribution in [0.25, 0.3) is 0 Å². The van der Waals surface area contributed by atoms with Gasteiger partial charge in [-0.15, -0.1) is 0 Å². The van der Waals surface area contributed by atoms with Crippen molar-refractivity contribution in [2.75, 3.05) is 6.54 Å². The third-order valence-corrected chi connectivity index (χ3v) is 3.10. The molecular weight excluding hydrogens is 257 g/mol. The molecule has 0 aliphatic heterocycles. The van der Waals surface area contributed by atoms with E-state index in [4.69, 9.17) is 28.9 Å². The van der Waals surface area contributed by atoms with Gasteiger partial charge in [-0.25, -0.2) is 9.97 Å². The van der Waals surface area contributed by atoms with Gasteiger partial charge in [-0.05, 0) is 23.8 Å². The maximum Gasteiger partial charge on any atom is 0.115 e. The number of nitrogens with two attached hydrogens (primary N) is 1. The molecule has 2 aromatic rings. The largest absolute Gasteiger partial charge is 0.329 e. The first kappa shape index (κ1) is 12.3. The second kappa shape index (κ2) is 5.45. The minimum Gasteiger partial charge on any atom is -0.329 e. The summed E-state index contributed by atoms with van der Waals surface area (Å²) in [5, 5.41) is 1.21. The molecule has 88 valence electrons. The first-order valence-electron chi connectivity index (χ1n) is 5.13. The molecule has 0 fully saturated rings. The second-order valence-corrected chi connectivity index (χ2v) is 4.43. The summed E-state index contributed by atoms with van der Waals surface area (Å²) >= 11 is 12.0. The zero-order valence-corrected chi connectivity index (χ0v) is 10.5. The summed E-state index contributed by atoms with van der Waals surface area (Å²) in [7, 11) is 0. The Bertz CT molecular complexity index is 502. The minimum absolute atomic E-state index is 0.0391. The van der Waals surface area contributed by atoms with Gasteiger partial charge in [-0.3, -0.25) is 0 Å². The first-order valence-corrected chi connectivity index (χ1v) is 5.89. The Morgan fingerprint density at radius 1 is 1.24 bits per heavy atom. The molecule has 0 radical (unpaired) electrons. The normalized spacial score (nSPS) is 12.4. The maximum absolute atomic E-state index is 6.17. The molecule has 0 amide bonds. The van der Waals surface area contributed by atoms with Crippen LogP contribution in [0.15, 0.2) is 36.8 Å². The van der Waals surface area contributed by atoms with E-state index in [0.29, 0.717) is 16.6 Å². The monoisotopic (exact) mass is 267 g/mol. The van der Waals surface area contributed by atoms with Crippen LogP contribution in [0.4, 0.5) is 0 Å². The Morgan fingerprint density at radius 3 is 2.65 bits per heavy atom. The van der Waals surface area contributed by atoms with Gasteiger partial charge < -0.3 is 5.73 Å². The lowest BCUT2D eigenvalue weighted by atomic mass is 9.95. The number of benzene rings is 1. The highest BCUT2D eigenvalue weighted by molar-refractivity contribution is 6.35. The van der Waals surface area contributed by atoms with Crippen molar-refractivity contribution in [1.29, 1.82) is 0 Å². The Labute approximate surface area is 110 Å². The van der Waals surface area contributed by atoms with Gasteiger partial charge >= 0.3 is 0 Å². The number of rotatable bonds is 3. The zero-order chi connectivity index (χ0) is 12.3. The van der Waals surface area contributed by atoms with Gasteiger partial charge in [-0.2, -0.15) is 0 Å². The van der Waals surface area contributed by atoms with Crippen molar-refractivity contribution >= 4 is 23.2 Å². The summed E-state index contributed by atoms with van der Waals surface area (Å²) in [6, 6.07) is 7.22. The molecule has 1 aromatic carbocycles. The standard InChI is InChI=1S/C12H11Cl2N3/c13-8-1-2-9(11(14)5-8)10(6-15)12-3-4-16-7-17-12/h1-5,7,10H,6,15H2. The van der Waals surface area contributed by atoms with Gasteiger partial charge in [0.25, 0.3) is 0 Å². The lowest BCUT2D eigenvalue weighted by Crippen LogP contribution is -2.15. The van der Waals surface area contributed by atoms with E-state index in [2.05, 4.69) is 9.97 Å². The SMILES string of the molecule is NCC(c1ccncn1)c1ccc(Cl)cc1Cl. The molecule has 0 aliphatic carbocycles. The molecule has 0 saturated carbocycles. The van der Waals surface area contributed by atoms with Crippen LogP contribution in [0, 0.1) is 0 Å². The van der Waals surface area contributed by atoms with E-state index in [1.807, 2.05) is 12.1 Å². The molecular formula is C12H11Cl2N3. The van der Waals surface area contributed by atoms with Gasteiger partial charge in [-0.1, -0.05) is 29.3 Å². The predicted molar refractivity (Wildman–Crippen MR) is 69.4 cm³/mol. The molecule has 1 heterocycles. The highest BCUT2D eigenvalue weighted by Gasteiger charge is 2.16. The fourth-order valence-electron chi connectivity index (χ4n) is 1.70. The molecule has 3 nitrogen and oxygen atoms in total. The van der Waals surface area contributed by atoms with E-state index in [1.54, 1.807) is 18.3 Å². The predicted octanol–water partition coefficient (Wildman–Crippen LogP) is 2.87. The Kier molecular flexibility index (Phi) is 3.94. The smallest absolute Gasteiger partial charge is 0.115 e. The molecule has 17 heavy (non-hydrogen) atoms. The van der Waals surface area contributed by atoms with Crippen molar-refractivity contribution in [3.63, 3.8) is 0 Å². The average Bonchev–Trinajstić information content (AvgIpc) is 2.34. The van der Waals surface area contributed by atoms with Crippen LogP contribution < -0.4 is 5.73 Å². The zero-order valence-electron chi connectivity index (χ0n) is 8.98. The van der Waals surface area contributed by atoms with E-state index in [1.165, 1.54) is 6.33 Å². The summed E-state index contributed by atoms with van der Waals surface area (Å²) in [6.07, 6.45) is 3.19. The summed E-state index contributed by atoms with van der Waals surface area (Å²) in [6.45, 7) is 0.429. The van der Waals surface area contributed by atoms with E-state index in [9.17, 15) is 0 Å². The molecule has 2 rings (SSSR count). The van der Waals surface area contributed by atoms with Gasteiger partial charge in [0.2, 0.25) is 0 Å². The highest BCUT2D eigenvalue weighted by atomic mass is 35.5. The quantitative estimate of drug-likeness (QED) is 0.931. The molecule has 1 atom stereocenters. The van der Waals surface area contributed by atoms with E-state index in [-0.39, 0.29) is 5.92 Å². The summed E-state index contributed by atoms with van der Waals surface area (Å²) in [5.41, 5.74) is 7.57. The Morgan fingerprint density at radius 2 is 2.06 bits per heavy atom. The summed E-state index contributed by atoms with van der Waals surface area (Å²) in [4.78, 5) is 8.09. The highest BCUT2D eigenvalue weighted by Crippen LogP contribution is 2.30. The van der Waals surface area contributed by atoms with Crippen LogP contribution in [0.3, 0.4) is 0 Å². The van der Waals surface area contributed by atoms with Crippen molar-refractivity contribution in [2.24, 2.45) is 5.73 Å². The van der Waals surface area contributed by atoms with Crippen LogP contribution in [0.2, 0.25) is 10.0 Å². The molecule has 0 saturated heterocycles. The molecule has 2 N–H and O–H groups in total. The first-order chi connectivity index (χ1) is 8.22.